The van der Waals surface area contributed by atoms with Crippen LogP contribution >= 0.6 is 43.2 Å². The third kappa shape index (κ3) is 3.31. The fourth-order valence-electron chi connectivity index (χ4n) is 1.89. The van der Waals surface area contributed by atoms with Gasteiger partial charge in [0.1, 0.15) is 0 Å². The fraction of sp³-hybridized carbons (Fsp3) is 0.545. The molecule has 0 radical (unpaired) electrons. The summed E-state index contributed by atoms with van der Waals surface area (Å²) in [6.07, 6.45) is 4.45. The molecule has 88 valence electrons. The summed E-state index contributed by atoms with van der Waals surface area (Å²) in [6.45, 7) is 0. The van der Waals surface area contributed by atoms with Gasteiger partial charge in [0.05, 0.1) is 9.35 Å². The summed E-state index contributed by atoms with van der Waals surface area (Å²) < 4.78 is 1.00. The molecule has 0 unspecified atom stereocenters. The van der Waals surface area contributed by atoms with E-state index in [9.17, 15) is 4.79 Å². The Morgan fingerprint density at radius 3 is 2.62 bits per heavy atom. The Balaban J connectivity index is 1.88. The second-order valence-corrected chi connectivity index (χ2v) is 7.65. The molecule has 1 aromatic rings. The molecule has 0 aliphatic heterocycles. The van der Waals surface area contributed by atoms with Crippen LogP contribution in [0.2, 0.25) is 0 Å². The quantitative estimate of drug-likeness (QED) is 0.789. The summed E-state index contributed by atoms with van der Waals surface area (Å²) in [6, 6.07) is 2.22. The number of rotatable bonds is 2. The van der Waals surface area contributed by atoms with Crippen molar-refractivity contribution < 1.29 is 4.79 Å². The average Bonchev–Trinajstić information content (AvgIpc) is 2.68. The van der Waals surface area contributed by atoms with Crippen molar-refractivity contribution in [1.29, 1.82) is 0 Å². The first-order chi connectivity index (χ1) is 7.65. The monoisotopic (exact) mass is 365 g/mol. The van der Waals surface area contributed by atoms with Gasteiger partial charge >= 0.3 is 0 Å². The molecular weight excluding hydrogens is 354 g/mol. The van der Waals surface area contributed by atoms with Crippen molar-refractivity contribution in [1.82, 2.24) is 5.32 Å². The van der Waals surface area contributed by atoms with Crippen LogP contribution in [0.15, 0.2) is 15.2 Å². The van der Waals surface area contributed by atoms with Gasteiger partial charge < -0.3 is 5.32 Å². The highest BCUT2D eigenvalue weighted by Gasteiger charge is 2.21. The van der Waals surface area contributed by atoms with Crippen molar-refractivity contribution in [2.75, 3.05) is 0 Å². The molecule has 0 bridgehead atoms. The standard InChI is InChI=1S/C11H13Br2NOS/c12-8-1-3-9(4-2-8)14-11(15)7-5-10(13)16-6-7/h5-6,8-9H,1-4H2,(H,14,15). The Morgan fingerprint density at radius 2 is 2.06 bits per heavy atom. The van der Waals surface area contributed by atoms with Crippen LogP contribution in [0.25, 0.3) is 0 Å². The van der Waals surface area contributed by atoms with Gasteiger partial charge in [0.25, 0.3) is 5.91 Å². The maximum Gasteiger partial charge on any atom is 0.252 e. The van der Waals surface area contributed by atoms with Gasteiger partial charge in [-0.25, -0.2) is 0 Å². The molecule has 1 saturated carbocycles. The number of carbonyl (C=O) groups excluding carboxylic acids is 1. The Bertz CT molecular complexity index is 372. The van der Waals surface area contributed by atoms with Crippen LogP contribution in [-0.4, -0.2) is 16.8 Å². The lowest BCUT2D eigenvalue weighted by molar-refractivity contribution is 0.0928. The molecule has 2 rings (SSSR count). The smallest absolute Gasteiger partial charge is 0.252 e. The lowest BCUT2D eigenvalue weighted by Crippen LogP contribution is -2.37. The van der Waals surface area contributed by atoms with Crippen LogP contribution in [0.4, 0.5) is 0 Å². The maximum atomic E-state index is 11.9. The molecule has 0 saturated heterocycles. The number of halogens is 2. The summed E-state index contributed by atoms with van der Waals surface area (Å²) in [4.78, 5) is 12.5. The van der Waals surface area contributed by atoms with E-state index in [1.54, 1.807) is 11.3 Å². The third-order valence-corrected chi connectivity index (χ3v) is 5.24. The lowest BCUT2D eigenvalue weighted by Gasteiger charge is -2.25. The van der Waals surface area contributed by atoms with Crippen LogP contribution in [0.3, 0.4) is 0 Å². The molecule has 1 aromatic heterocycles. The van der Waals surface area contributed by atoms with E-state index in [0.717, 1.165) is 35.0 Å². The molecule has 0 atom stereocenters. The van der Waals surface area contributed by atoms with E-state index in [2.05, 4.69) is 37.2 Å². The summed E-state index contributed by atoms with van der Waals surface area (Å²) in [5.74, 6) is 0.0555. The molecule has 16 heavy (non-hydrogen) atoms. The molecule has 2 nitrogen and oxygen atoms in total. The maximum absolute atomic E-state index is 11.9. The summed E-state index contributed by atoms with van der Waals surface area (Å²) in [5, 5.41) is 4.98. The van der Waals surface area contributed by atoms with Gasteiger partial charge in [-0.05, 0) is 47.7 Å². The zero-order valence-corrected chi connectivity index (χ0v) is 12.7. The van der Waals surface area contributed by atoms with Gasteiger partial charge in [0.15, 0.2) is 0 Å². The SMILES string of the molecule is O=C(NC1CCC(Br)CC1)c1csc(Br)c1. The molecule has 1 amide bonds. The van der Waals surface area contributed by atoms with Crippen LogP contribution < -0.4 is 5.32 Å². The molecule has 1 aliphatic carbocycles. The summed E-state index contributed by atoms with van der Waals surface area (Å²) >= 11 is 8.52. The topological polar surface area (TPSA) is 29.1 Å². The lowest BCUT2D eigenvalue weighted by atomic mass is 9.95. The molecule has 1 N–H and O–H groups in total. The van der Waals surface area contributed by atoms with Crippen LogP contribution in [0, 0.1) is 0 Å². The minimum absolute atomic E-state index is 0.0555. The molecular formula is C11H13Br2NOS. The highest BCUT2D eigenvalue weighted by Crippen LogP contribution is 2.25. The Morgan fingerprint density at radius 1 is 1.38 bits per heavy atom. The number of hydrogen-bond donors (Lipinski definition) is 1. The van der Waals surface area contributed by atoms with Crippen molar-refractivity contribution in [3.63, 3.8) is 0 Å². The van der Waals surface area contributed by atoms with Crippen molar-refractivity contribution in [3.05, 3.63) is 20.8 Å². The number of nitrogens with one attached hydrogen (secondary N) is 1. The van der Waals surface area contributed by atoms with Gasteiger partial charge in [0, 0.05) is 16.2 Å². The summed E-state index contributed by atoms with van der Waals surface area (Å²) in [5.41, 5.74) is 0.762. The van der Waals surface area contributed by atoms with Gasteiger partial charge in [-0.2, -0.15) is 0 Å². The van der Waals surface area contributed by atoms with Gasteiger partial charge in [0.2, 0.25) is 0 Å². The first-order valence-corrected chi connectivity index (χ1v) is 7.93. The predicted molar refractivity (Wildman–Crippen MR) is 74.5 cm³/mol. The summed E-state index contributed by atoms with van der Waals surface area (Å²) in [7, 11) is 0. The highest BCUT2D eigenvalue weighted by molar-refractivity contribution is 9.11. The first kappa shape index (κ1) is 12.6. The molecule has 1 aliphatic rings. The van der Waals surface area contributed by atoms with E-state index < -0.39 is 0 Å². The Kier molecular flexibility index (Phi) is 4.44. The second kappa shape index (κ2) is 5.65. The van der Waals surface area contributed by atoms with Gasteiger partial charge in [-0.15, -0.1) is 11.3 Å². The highest BCUT2D eigenvalue weighted by atomic mass is 79.9. The van der Waals surface area contributed by atoms with Crippen LogP contribution in [-0.2, 0) is 0 Å². The van der Waals surface area contributed by atoms with E-state index in [1.807, 2.05) is 11.4 Å². The van der Waals surface area contributed by atoms with Crippen LogP contribution in [0.1, 0.15) is 36.0 Å². The number of carbonyl (C=O) groups is 1. The number of hydrogen-bond acceptors (Lipinski definition) is 2. The Labute approximate surface area is 116 Å². The third-order valence-electron chi connectivity index (χ3n) is 2.82. The van der Waals surface area contributed by atoms with E-state index in [4.69, 9.17) is 0 Å². The average molecular weight is 367 g/mol. The zero-order chi connectivity index (χ0) is 11.5. The first-order valence-electron chi connectivity index (χ1n) is 5.34. The van der Waals surface area contributed by atoms with Crippen molar-refractivity contribution >= 4 is 49.1 Å². The minimum Gasteiger partial charge on any atom is -0.349 e. The van der Waals surface area contributed by atoms with Gasteiger partial charge in [-0.3, -0.25) is 4.79 Å². The van der Waals surface area contributed by atoms with E-state index in [0.29, 0.717) is 10.9 Å². The van der Waals surface area contributed by atoms with Crippen molar-refractivity contribution in [2.24, 2.45) is 0 Å². The zero-order valence-electron chi connectivity index (χ0n) is 8.71. The minimum atomic E-state index is 0.0555. The van der Waals surface area contributed by atoms with E-state index in [-0.39, 0.29) is 5.91 Å². The number of thiophene rings is 1. The molecule has 1 heterocycles. The predicted octanol–water partition coefficient (Wildman–Crippen LogP) is 3.95. The normalized spacial score (nSPS) is 25.4. The molecule has 0 spiro atoms. The number of alkyl halides is 1. The van der Waals surface area contributed by atoms with Crippen LogP contribution in [0.5, 0.6) is 0 Å². The molecule has 0 aromatic carbocycles. The Hall–Kier alpha value is 0.130. The second-order valence-electron chi connectivity index (χ2n) is 4.06. The van der Waals surface area contributed by atoms with E-state index >= 15 is 0 Å². The number of amides is 1. The fourth-order valence-corrected chi connectivity index (χ4v) is 3.56. The van der Waals surface area contributed by atoms with E-state index in [1.165, 1.54) is 0 Å². The molecule has 1 fully saturated rings. The van der Waals surface area contributed by atoms with Gasteiger partial charge in [-0.1, -0.05) is 15.9 Å². The van der Waals surface area contributed by atoms with Crippen molar-refractivity contribution in [2.45, 2.75) is 36.6 Å². The van der Waals surface area contributed by atoms with Crippen molar-refractivity contribution in [3.8, 4) is 0 Å². The largest absolute Gasteiger partial charge is 0.349 e. The molecule has 5 heteroatoms.